The first-order chi connectivity index (χ1) is 7.79. The van der Waals surface area contributed by atoms with Crippen LogP contribution >= 0.6 is 0 Å². The topological polar surface area (TPSA) is 71.2 Å². The van der Waals surface area contributed by atoms with Crippen molar-refractivity contribution in [1.82, 2.24) is 15.5 Å². The van der Waals surface area contributed by atoms with Crippen LogP contribution in [0.1, 0.15) is 31.0 Å². The first-order valence-corrected chi connectivity index (χ1v) is 5.90. The standard InChI is InChI=1S/C11H19N3O2/c1-8-13-11(14-16-8)6-12-5-9-3-2-4-10(9)7-15/h9-10,12,15H,2-7H2,1H3. The molecule has 0 radical (unpaired) electrons. The molecule has 5 nitrogen and oxygen atoms in total. The lowest BCUT2D eigenvalue weighted by Crippen LogP contribution is -2.26. The number of rotatable bonds is 5. The van der Waals surface area contributed by atoms with Crippen LogP contribution in [0.5, 0.6) is 0 Å². The fourth-order valence-electron chi connectivity index (χ4n) is 2.41. The minimum atomic E-state index is 0.313. The third-order valence-corrected chi connectivity index (χ3v) is 3.31. The Morgan fingerprint density at radius 3 is 2.94 bits per heavy atom. The lowest BCUT2D eigenvalue weighted by Gasteiger charge is -2.17. The molecule has 1 fully saturated rings. The van der Waals surface area contributed by atoms with Crippen molar-refractivity contribution >= 4 is 0 Å². The van der Waals surface area contributed by atoms with E-state index in [4.69, 9.17) is 4.52 Å². The average Bonchev–Trinajstić information content (AvgIpc) is 2.87. The van der Waals surface area contributed by atoms with E-state index in [0.717, 1.165) is 13.0 Å². The highest BCUT2D eigenvalue weighted by atomic mass is 16.5. The molecular formula is C11H19N3O2. The highest BCUT2D eigenvalue weighted by Crippen LogP contribution is 2.30. The van der Waals surface area contributed by atoms with Gasteiger partial charge in [-0.15, -0.1) is 0 Å². The number of aromatic nitrogens is 2. The second-order valence-corrected chi connectivity index (χ2v) is 4.49. The molecule has 16 heavy (non-hydrogen) atoms. The molecule has 2 unspecified atom stereocenters. The lowest BCUT2D eigenvalue weighted by molar-refractivity contribution is 0.192. The molecule has 2 rings (SSSR count). The maximum Gasteiger partial charge on any atom is 0.223 e. The van der Waals surface area contributed by atoms with Gasteiger partial charge in [-0.1, -0.05) is 11.6 Å². The Kier molecular flexibility index (Phi) is 3.90. The number of nitrogens with one attached hydrogen (secondary N) is 1. The zero-order valence-electron chi connectivity index (χ0n) is 9.65. The summed E-state index contributed by atoms with van der Waals surface area (Å²) in [6.45, 7) is 3.67. The Labute approximate surface area is 95.2 Å². The van der Waals surface area contributed by atoms with Crippen molar-refractivity contribution in [3.05, 3.63) is 11.7 Å². The normalized spacial score (nSPS) is 25.1. The predicted molar refractivity (Wildman–Crippen MR) is 58.7 cm³/mol. The minimum Gasteiger partial charge on any atom is -0.396 e. The van der Waals surface area contributed by atoms with Crippen molar-refractivity contribution in [3.8, 4) is 0 Å². The van der Waals surface area contributed by atoms with E-state index in [1.165, 1.54) is 12.8 Å². The van der Waals surface area contributed by atoms with Gasteiger partial charge in [0.25, 0.3) is 0 Å². The summed E-state index contributed by atoms with van der Waals surface area (Å²) in [6.07, 6.45) is 3.60. The third-order valence-electron chi connectivity index (χ3n) is 3.31. The molecule has 2 atom stereocenters. The van der Waals surface area contributed by atoms with Gasteiger partial charge in [0.2, 0.25) is 5.89 Å². The highest BCUT2D eigenvalue weighted by Gasteiger charge is 2.25. The molecular weight excluding hydrogens is 206 g/mol. The van der Waals surface area contributed by atoms with Crippen LogP contribution in [-0.4, -0.2) is 28.4 Å². The average molecular weight is 225 g/mol. The summed E-state index contributed by atoms with van der Waals surface area (Å²) in [5.41, 5.74) is 0. The molecule has 0 aliphatic heterocycles. The quantitative estimate of drug-likeness (QED) is 0.778. The van der Waals surface area contributed by atoms with Gasteiger partial charge in [0.05, 0.1) is 6.54 Å². The van der Waals surface area contributed by atoms with Gasteiger partial charge in [-0.3, -0.25) is 0 Å². The number of aliphatic hydroxyl groups is 1. The van der Waals surface area contributed by atoms with Crippen molar-refractivity contribution in [2.24, 2.45) is 11.8 Å². The second kappa shape index (κ2) is 5.41. The van der Waals surface area contributed by atoms with Gasteiger partial charge in [0.1, 0.15) is 0 Å². The maximum absolute atomic E-state index is 9.19. The fraction of sp³-hybridized carbons (Fsp3) is 0.818. The van der Waals surface area contributed by atoms with Crippen LogP contribution in [0, 0.1) is 18.8 Å². The first-order valence-electron chi connectivity index (χ1n) is 5.90. The number of aryl methyl sites for hydroxylation is 1. The van der Waals surface area contributed by atoms with Crippen molar-refractivity contribution in [1.29, 1.82) is 0 Å². The minimum absolute atomic E-state index is 0.313. The van der Waals surface area contributed by atoms with Crippen molar-refractivity contribution < 1.29 is 9.63 Å². The molecule has 2 N–H and O–H groups in total. The molecule has 1 saturated carbocycles. The molecule has 0 aromatic carbocycles. The lowest BCUT2D eigenvalue weighted by atomic mass is 9.97. The SMILES string of the molecule is Cc1nc(CNCC2CCCC2CO)no1. The summed E-state index contributed by atoms with van der Waals surface area (Å²) in [6, 6.07) is 0. The van der Waals surface area contributed by atoms with Crippen LogP contribution in [0.4, 0.5) is 0 Å². The Hall–Kier alpha value is -0.940. The van der Waals surface area contributed by atoms with Crippen molar-refractivity contribution in [3.63, 3.8) is 0 Å². The van der Waals surface area contributed by atoms with Crippen LogP contribution < -0.4 is 5.32 Å². The van der Waals surface area contributed by atoms with Crippen molar-refractivity contribution in [2.75, 3.05) is 13.2 Å². The van der Waals surface area contributed by atoms with E-state index >= 15 is 0 Å². The van der Waals surface area contributed by atoms with E-state index in [1.807, 2.05) is 0 Å². The Balaban J connectivity index is 1.71. The molecule has 0 bridgehead atoms. The first kappa shape index (κ1) is 11.5. The summed E-state index contributed by atoms with van der Waals surface area (Å²) in [5.74, 6) is 2.37. The van der Waals surface area contributed by atoms with Gasteiger partial charge in [0, 0.05) is 13.5 Å². The van der Waals surface area contributed by atoms with Gasteiger partial charge in [-0.05, 0) is 31.2 Å². The van der Waals surface area contributed by atoms with Crippen LogP contribution in [0.3, 0.4) is 0 Å². The fourth-order valence-corrected chi connectivity index (χ4v) is 2.41. The molecule has 1 aliphatic rings. The number of nitrogens with zero attached hydrogens (tertiary/aromatic N) is 2. The van der Waals surface area contributed by atoms with Gasteiger partial charge < -0.3 is 14.9 Å². The van der Waals surface area contributed by atoms with Crippen LogP contribution in [0.2, 0.25) is 0 Å². The number of aliphatic hydroxyl groups excluding tert-OH is 1. The second-order valence-electron chi connectivity index (χ2n) is 4.49. The van der Waals surface area contributed by atoms with Gasteiger partial charge in [0.15, 0.2) is 5.82 Å². The van der Waals surface area contributed by atoms with E-state index in [-0.39, 0.29) is 0 Å². The van der Waals surface area contributed by atoms with Gasteiger partial charge in [-0.2, -0.15) is 4.98 Å². The van der Waals surface area contributed by atoms with Gasteiger partial charge in [-0.25, -0.2) is 0 Å². The molecule has 1 aliphatic carbocycles. The Morgan fingerprint density at radius 1 is 1.44 bits per heavy atom. The molecule has 0 amide bonds. The van der Waals surface area contributed by atoms with Crippen LogP contribution in [-0.2, 0) is 6.54 Å². The number of hydrogen-bond acceptors (Lipinski definition) is 5. The molecule has 1 heterocycles. The summed E-state index contributed by atoms with van der Waals surface area (Å²) in [7, 11) is 0. The monoisotopic (exact) mass is 225 g/mol. The van der Waals surface area contributed by atoms with Gasteiger partial charge >= 0.3 is 0 Å². The molecule has 1 aromatic rings. The van der Waals surface area contributed by atoms with E-state index in [2.05, 4.69) is 15.5 Å². The Morgan fingerprint density at radius 2 is 2.25 bits per heavy atom. The summed E-state index contributed by atoms with van der Waals surface area (Å²) >= 11 is 0. The Bertz CT molecular complexity index is 327. The summed E-state index contributed by atoms with van der Waals surface area (Å²) in [5, 5.41) is 16.3. The molecule has 90 valence electrons. The van der Waals surface area contributed by atoms with Crippen LogP contribution in [0.25, 0.3) is 0 Å². The highest BCUT2D eigenvalue weighted by molar-refractivity contribution is 4.84. The summed E-state index contributed by atoms with van der Waals surface area (Å²) in [4.78, 5) is 4.12. The smallest absolute Gasteiger partial charge is 0.223 e. The zero-order valence-corrected chi connectivity index (χ0v) is 9.65. The van der Waals surface area contributed by atoms with E-state index < -0.39 is 0 Å². The third kappa shape index (κ3) is 2.80. The summed E-state index contributed by atoms with van der Waals surface area (Å²) < 4.78 is 4.89. The van der Waals surface area contributed by atoms with E-state index in [9.17, 15) is 5.11 Å². The maximum atomic E-state index is 9.19. The predicted octanol–water partition coefficient (Wildman–Crippen LogP) is 0.876. The largest absolute Gasteiger partial charge is 0.396 e. The molecule has 1 aromatic heterocycles. The molecule has 0 saturated heterocycles. The van der Waals surface area contributed by atoms with Crippen molar-refractivity contribution in [2.45, 2.75) is 32.7 Å². The van der Waals surface area contributed by atoms with E-state index in [1.54, 1.807) is 6.92 Å². The number of hydrogen-bond donors (Lipinski definition) is 2. The van der Waals surface area contributed by atoms with Crippen LogP contribution in [0.15, 0.2) is 4.52 Å². The molecule has 0 spiro atoms. The molecule has 5 heteroatoms. The zero-order chi connectivity index (χ0) is 11.4. The van der Waals surface area contributed by atoms with E-state index in [0.29, 0.717) is 36.7 Å².